The van der Waals surface area contributed by atoms with Crippen LogP contribution in [0.1, 0.15) is 48.5 Å². The van der Waals surface area contributed by atoms with Crippen molar-refractivity contribution in [2.45, 2.75) is 59.1 Å². The van der Waals surface area contributed by atoms with E-state index < -0.39 is 9.76 Å². The van der Waals surface area contributed by atoms with Gasteiger partial charge in [-0.15, -0.1) is 0 Å². The van der Waals surface area contributed by atoms with Gasteiger partial charge >= 0.3 is 0 Å². The summed E-state index contributed by atoms with van der Waals surface area (Å²) in [6.45, 7) is 18.7. The van der Waals surface area contributed by atoms with E-state index in [9.17, 15) is 0 Å². The van der Waals surface area contributed by atoms with Crippen LogP contribution in [0, 0.1) is 5.92 Å². The van der Waals surface area contributed by atoms with Gasteiger partial charge in [0.25, 0.3) is 5.95 Å². The molecule has 0 aliphatic heterocycles. The monoisotopic (exact) mass is 230 g/mol. The zero-order valence-corrected chi connectivity index (χ0v) is 12.7. The van der Waals surface area contributed by atoms with E-state index in [0.717, 1.165) is 0 Å². The molecule has 0 heterocycles. The van der Waals surface area contributed by atoms with E-state index in [0.29, 0.717) is 11.9 Å². The van der Waals surface area contributed by atoms with Gasteiger partial charge in [-0.1, -0.05) is 27.7 Å². The molecule has 0 amide bonds. The Bertz CT molecular complexity index is 214. The molecule has 90 valence electrons. The number of ether oxygens (including phenoxy) is 1. The first-order chi connectivity index (χ1) is 6.54. The molecule has 0 aromatic rings. The van der Waals surface area contributed by atoms with Crippen molar-refractivity contribution in [2.75, 3.05) is 0 Å². The topological polar surface area (TPSA) is 18.5 Å². The average molecular weight is 230 g/mol. The quantitative estimate of drug-likeness (QED) is 0.533. The molecule has 3 heteroatoms. The summed E-state index contributed by atoms with van der Waals surface area (Å²) in [5.74, 6) is 1.11. The summed E-state index contributed by atoms with van der Waals surface area (Å²) in [5, 5.41) is 0.282. The van der Waals surface area contributed by atoms with Crippen LogP contribution in [0.2, 0.25) is 5.04 Å². The second-order valence-electron chi connectivity index (χ2n) is 6.02. The van der Waals surface area contributed by atoms with Crippen molar-refractivity contribution in [1.82, 2.24) is 0 Å². The molecule has 0 atom stereocenters. The maximum Gasteiger partial charge on any atom is 0.257 e. The second kappa shape index (κ2) is 5.06. The zero-order chi connectivity index (χ0) is 12.3. The molecule has 0 spiro atoms. The van der Waals surface area contributed by atoms with E-state index in [1.807, 2.05) is 20.8 Å². The van der Waals surface area contributed by atoms with Gasteiger partial charge in [0.05, 0.1) is 0 Å². The molecule has 0 saturated carbocycles. The molecule has 0 radical (unpaired) electrons. The normalized spacial score (nSPS) is 13.6. The van der Waals surface area contributed by atoms with Gasteiger partial charge < -0.3 is 9.16 Å². The van der Waals surface area contributed by atoms with Crippen LogP contribution in [-0.4, -0.2) is 15.4 Å². The molecule has 0 rings (SSSR count). The highest BCUT2D eigenvalue weighted by Crippen LogP contribution is 2.33. The first kappa shape index (κ1) is 14.6. The lowest BCUT2D eigenvalue weighted by atomic mass is 9.99. The Kier molecular flexibility index (Phi) is 4.91. The van der Waals surface area contributed by atoms with Crippen molar-refractivity contribution in [3.05, 3.63) is 12.5 Å². The Morgan fingerprint density at radius 3 is 1.93 bits per heavy atom. The number of hydrogen-bond acceptors (Lipinski definition) is 2. The molecule has 0 aromatic carbocycles. The van der Waals surface area contributed by atoms with Crippen LogP contribution in [-0.2, 0) is 9.16 Å². The smallest absolute Gasteiger partial charge is 0.257 e. The van der Waals surface area contributed by atoms with E-state index in [1.54, 1.807) is 0 Å². The van der Waals surface area contributed by atoms with Gasteiger partial charge in [-0.2, -0.15) is 0 Å². The van der Waals surface area contributed by atoms with Crippen molar-refractivity contribution in [3.8, 4) is 0 Å². The minimum Gasteiger partial charge on any atom is -0.525 e. The average Bonchev–Trinajstić information content (AvgIpc) is 1.97. The Hall–Kier alpha value is -0.443. The van der Waals surface area contributed by atoms with Crippen molar-refractivity contribution < 1.29 is 9.16 Å². The molecule has 0 aromatic heterocycles. The summed E-state index contributed by atoms with van der Waals surface area (Å²) in [4.78, 5) is 0. The van der Waals surface area contributed by atoms with Crippen molar-refractivity contribution >= 4 is 9.76 Å². The van der Waals surface area contributed by atoms with Gasteiger partial charge in [0.2, 0.25) is 9.76 Å². The highest BCUT2D eigenvalue weighted by molar-refractivity contribution is 6.32. The summed E-state index contributed by atoms with van der Waals surface area (Å²) in [7, 11) is -0.649. The molecular formula is C12H26O2Si. The molecule has 2 nitrogen and oxygen atoms in total. The molecule has 0 fully saturated rings. The molecule has 0 bridgehead atoms. The molecule has 0 aliphatic carbocycles. The SMILES string of the molecule is C=C(O[SiH2]C(C)(C)C(C)C)OC(C)(C)C. The third-order valence-corrected chi connectivity index (χ3v) is 4.61. The van der Waals surface area contributed by atoms with E-state index in [4.69, 9.17) is 9.16 Å². The second-order valence-corrected chi connectivity index (χ2v) is 8.42. The minimum absolute atomic E-state index is 0.215. The van der Waals surface area contributed by atoms with E-state index in [1.165, 1.54) is 0 Å². The van der Waals surface area contributed by atoms with Crippen molar-refractivity contribution in [1.29, 1.82) is 0 Å². The Labute approximate surface area is 97.0 Å². The van der Waals surface area contributed by atoms with Crippen LogP contribution in [0.15, 0.2) is 12.5 Å². The lowest BCUT2D eigenvalue weighted by Crippen LogP contribution is -2.25. The predicted molar refractivity (Wildman–Crippen MR) is 68.5 cm³/mol. The highest BCUT2D eigenvalue weighted by Gasteiger charge is 2.25. The van der Waals surface area contributed by atoms with Gasteiger partial charge in [-0.3, -0.25) is 0 Å². The first-order valence-electron chi connectivity index (χ1n) is 5.55. The molecule has 0 N–H and O–H groups in total. The molecule has 0 saturated heterocycles. The summed E-state index contributed by atoms with van der Waals surface area (Å²) in [6.07, 6.45) is 0. The Morgan fingerprint density at radius 2 is 1.60 bits per heavy atom. The van der Waals surface area contributed by atoms with Crippen LogP contribution < -0.4 is 0 Å². The van der Waals surface area contributed by atoms with Gasteiger partial charge in [0.15, 0.2) is 0 Å². The van der Waals surface area contributed by atoms with E-state index >= 15 is 0 Å². The maximum absolute atomic E-state index is 5.67. The summed E-state index contributed by atoms with van der Waals surface area (Å²) < 4.78 is 11.2. The van der Waals surface area contributed by atoms with Gasteiger partial charge in [-0.25, -0.2) is 0 Å². The van der Waals surface area contributed by atoms with Gasteiger partial charge in [0.1, 0.15) is 5.60 Å². The summed E-state index contributed by atoms with van der Waals surface area (Å²) in [6, 6.07) is 0. The van der Waals surface area contributed by atoms with Crippen molar-refractivity contribution in [2.24, 2.45) is 5.92 Å². The maximum atomic E-state index is 5.67. The Morgan fingerprint density at radius 1 is 1.13 bits per heavy atom. The lowest BCUT2D eigenvalue weighted by Gasteiger charge is -2.30. The van der Waals surface area contributed by atoms with E-state index in [2.05, 4.69) is 34.3 Å². The van der Waals surface area contributed by atoms with Gasteiger partial charge in [-0.05, 0) is 38.3 Å². The highest BCUT2D eigenvalue weighted by atomic mass is 28.2. The fourth-order valence-corrected chi connectivity index (χ4v) is 1.73. The largest absolute Gasteiger partial charge is 0.525 e. The molecule has 15 heavy (non-hydrogen) atoms. The van der Waals surface area contributed by atoms with Crippen LogP contribution in [0.4, 0.5) is 0 Å². The van der Waals surface area contributed by atoms with Crippen LogP contribution in [0.3, 0.4) is 0 Å². The van der Waals surface area contributed by atoms with Crippen LogP contribution in [0.5, 0.6) is 0 Å². The fourth-order valence-electron chi connectivity index (χ4n) is 0.804. The summed E-state index contributed by atoms with van der Waals surface area (Å²) in [5.41, 5.74) is -0.215. The van der Waals surface area contributed by atoms with Crippen molar-refractivity contribution in [3.63, 3.8) is 0 Å². The zero-order valence-electron chi connectivity index (χ0n) is 11.3. The lowest BCUT2D eigenvalue weighted by molar-refractivity contribution is -0.00521. The molecular weight excluding hydrogens is 204 g/mol. The van der Waals surface area contributed by atoms with Crippen LogP contribution >= 0.6 is 0 Å². The third-order valence-electron chi connectivity index (χ3n) is 2.59. The van der Waals surface area contributed by atoms with Crippen LogP contribution in [0.25, 0.3) is 0 Å². The summed E-state index contributed by atoms with van der Waals surface area (Å²) >= 11 is 0. The molecule has 0 unspecified atom stereocenters. The third kappa shape index (κ3) is 6.61. The Balaban J connectivity index is 4.02. The number of hydrogen-bond donors (Lipinski definition) is 0. The predicted octanol–water partition coefficient (Wildman–Crippen LogP) is 3.23. The van der Waals surface area contributed by atoms with Gasteiger partial charge in [0, 0.05) is 0 Å². The minimum atomic E-state index is -0.649. The molecule has 0 aliphatic rings. The first-order valence-corrected chi connectivity index (χ1v) is 6.84. The fraction of sp³-hybridized carbons (Fsp3) is 0.833. The number of rotatable bonds is 5. The standard InChI is InChI=1S/C12H26O2Si/c1-9(2)12(7,8)15-14-10(3)13-11(4,5)6/h9H,3,15H2,1-2,4-8H3. The van der Waals surface area contributed by atoms with E-state index in [-0.39, 0.29) is 10.6 Å².